The van der Waals surface area contributed by atoms with Crippen molar-refractivity contribution in [3.63, 3.8) is 0 Å². The molecule has 3 fully saturated rings. The Morgan fingerprint density at radius 2 is 2.05 bits per heavy atom. The zero-order chi connectivity index (χ0) is 25.5. The van der Waals surface area contributed by atoms with Crippen LogP contribution in [0.3, 0.4) is 0 Å². The highest BCUT2D eigenvalue weighted by molar-refractivity contribution is 6.01. The average molecular weight is 495 g/mol. The van der Waals surface area contributed by atoms with E-state index in [-0.39, 0.29) is 11.3 Å². The monoisotopic (exact) mass is 494 g/mol. The van der Waals surface area contributed by atoms with E-state index >= 15 is 0 Å². The Kier molecular flexibility index (Phi) is 4.69. The lowest BCUT2D eigenvalue weighted by Gasteiger charge is -2.47. The van der Waals surface area contributed by atoms with Crippen LogP contribution in [0, 0.1) is 28.5 Å². The number of nitrogens with zero attached hydrogens (tertiary/aromatic N) is 4. The van der Waals surface area contributed by atoms with Crippen LogP contribution in [0.4, 0.5) is 10.2 Å². The van der Waals surface area contributed by atoms with Crippen LogP contribution in [0.25, 0.3) is 21.9 Å². The Hall–Kier alpha value is -3.92. The number of anilines is 1. The molecule has 4 aliphatic rings. The van der Waals surface area contributed by atoms with Gasteiger partial charge >= 0.3 is 0 Å². The molecule has 1 saturated carbocycles. The molecule has 1 amide bonds. The first kappa shape index (κ1) is 22.3. The molecule has 3 aromatic rings. The van der Waals surface area contributed by atoms with Crippen molar-refractivity contribution in [1.82, 2.24) is 9.88 Å². The number of nitriles is 1. The van der Waals surface area contributed by atoms with Gasteiger partial charge in [0.05, 0.1) is 5.69 Å². The number of phenolic OH excluding ortho intramolecular Hbond substituents is 1. The Bertz CT molecular complexity index is 1550. The molecule has 2 unspecified atom stereocenters. The first-order valence-corrected chi connectivity index (χ1v) is 13.0. The van der Waals surface area contributed by atoms with Crippen molar-refractivity contribution < 1.29 is 14.3 Å². The van der Waals surface area contributed by atoms with E-state index in [2.05, 4.69) is 17.5 Å². The van der Waals surface area contributed by atoms with Gasteiger partial charge in [0.25, 0.3) is 0 Å². The third-order valence-electron chi connectivity index (χ3n) is 8.97. The SMILES string of the molecule is C=CC(=O)N1CC2(CCN(c3nc4c(c(-c5cc(O)c(F)c6ccccc56)c3C#N)CCC3CC43)C2)C1. The van der Waals surface area contributed by atoms with Gasteiger partial charge in [-0.25, -0.2) is 9.37 Å². The Morgan fingerprint density at radius 1 is 1.27 bits per heavy atom. The van der Waals surface area contributed by atoms with Gasteiger partial charge in [0, 0.05) is 48.5 Å². The molecule has 0 radical (unpaired) electrons. The summed E-state index contributed by atoms with van der Waals surface area (Å²) in [5.74, 6) is 0.623. The molecule has 0 bridgehead atoms. The minimum absolute atomic E-state index is 0.00605. The number of aromatic hydroxyl groups is 1. The second-order valence-electron chi connectivity index (χ2n) is 11.2. The van der Waals surface area contributed by atoms with Crippen molar-refractivity contribution in [3.8, 4) is 22.9 Å². The lowest BCUT2D eigenvalue weighted by atomic mass is 9.79. The van der Waals surface area contributed by atoms with Crippen molar-refractivity contribution in [2.24, 2.45) is 11.3 Å². The topological polar surface area (TPSA) is 80.5 Å². The van der Waals surface area contributed by atoms with Crippen LogP contribution in [-0.4, -0.2) is 47.1 Å². The number of hydrogen-bond acceptors (Lipinski definition) is 5. The molecule has 1 N–H and O–H groups in total. The largest absolute Gasteiger partial charge is 0.505 e. The van der Waals surface area contributed by atoms with Crippen LogP contribution >= 0.6 is 0 Å². The van der Waals surface area contributed by atoms with Gasteiger partial charge in [0.1, 0.15) is 17.5 Å². The summed E-state index contributed by atoms with van der Waals surface area (Å²) in [4.78, 5) is 21.2. The summed E-state index contributed by atoms with van der Waals surface area (Å²) < 4.78 is 14.9. The zero-order valence-electron chi connectivity index (χ0n) is 20.5. The number of halogens is 1. The number of amides is 1. The highest BCUT2D eigenvalue weighted by atomic mass is 19.1. The molecule has 2 aromatic carbocycles. The van der Waals surface area contributed by atoms with E-state index in [0.29, 0.717) is 52.6 Å². The Morgan fingerprint density at radius 3 is 2.81 bits per heavy atom. The van der Waals surface area contributed by atoms with E-state index < -0.39 is 11.6 Å². The van der Waals surface area contributed by atoms with Crippen molar-refractivity contribution >= 4 is 22.5 Å². The second kappa shape index (κ2) is 7.79. The molecule has 37 heavy (non-hydrogen) atoms. The summed E-state index contributed by atoms with van der Waals surface area (Å²) in [7, 11) is 0. The minimum atomic E-state index is -0.645. The normalized spacial score (nSPS) is 22.8. The number of pyridine rings is 1. The van der Waals surface area contributed by atoms with Crippen LogP contribution in [0.1, 0.15) is 42.0 Å². The Balaban J connectivity index is 1.39. The standard InChI is InChI=1S/C30H27FN4O2/c1-2-25(37)35-15-30(16-35)9-10-34(14-30)29-23(13-32)26(20-8-7-17-11-21(17)28(20)33-29)22-12-24(36)27(31)19-6-4-3-5-18(19)22/h2-6,12,17,21,36H,1,7-11,14-16H2. The van der Waals surface area contributed by atoms with Crippen molar-refractivity contribution in [1.29, 1.82) is 5.26 Å². The fraction of sp³-hybridized carbons (Fsp3) is 0.367. The fourth-order valence-corrected chi connectivity index (χ4v) is 7.01. The summed E-state index contributed by atoms with van der Waals surface area (Å²) in [6.07, 6.45) is 5.28. The first-order chi connectivity index (χ1) is 17.9. The number of rotatable bonds is 3. The molecule has 7 rings (SSSR count). The van der Waals surface area contributed by atoms with E-state index in [9.17, 15) is 19.6 Å². The molecule has 2 aliphatic heterocycles. The highest BCUT2D eigenvalue weighted by Crippen LogP contribution is 2.57. The summed E-state index contributed by atoms with van der Waals surface area (Å²) >= 11 is 0. The van der Waals surface area contributed by atoms with Crippen LogP contribution in [0.5, 0.6) is 5.75 Å². The van der Waals surface area contributed by atoms with E-state index in [0.717, 1.165) is 55.6 Å². The molecule has 2 saturated heterocycles. The predicted molar refractivity (Wildman–Crippen MR) is 139 cm³/mol. The van der Waals surface area contributed by atoms with Crippen LogP contribution in [0.2, 0.25) is 0 Å². The van der Waals surface area contributed by atoms with Crippen LogP contribution in [-0.2, 0) is 11.2 Å². The molecule has 2 atom stereocenters. The molecular weight excluding hydrogens is 467 g/mol. The van der Waals surface area contributed by atoms with Gasteiger partial charge in [-0.1, -0.05) is 30.8 Å². The van der Waals surface area contributed by atoms with Gasteiger partial charge in [-0.2, -0.15) is 5.26 Å². The summed E-state index contributed by atoms with van der Waals surface area (Å²) in [5, 5.41) is 22.1. The summed E-state index contributed by atoms with van der Waals surface area (Å²) in [6, 6.07) is 11.1. The number of phenols is 1. The van der Waals surface area contributed by atoms with Gasteiger partial charge < -0.3 is 14.9 Å². The number of carbonyl (C=O) groups is 1. The smallest absolute Gasteiger partial charge is 0.245 e. The van der Waals surface area contributed by atoms with Gasteiger partial charge in [-0.3, -0.25) is 4.79 Å². The quantitative estimate of drug-likeness (QED) is 0.525. The van der Waals surface area contributed by atoms with Gasteiger partial charge in [-0.15, -0.1) is 0 Å². The van der Waals surface area contributed by atoms with Crippen LogP contribution < -0.4 is 4.90 Å². The number of likely N-dealkylation sites (tertiary alicyclic amines) is 1. The van der Waals surface area contributed by atoms with E-state index in [1.54, 1.807) is 12.1 Å². The molecule has 3 heterocycles. The Labute approximate surface area is 214 Å². The fourth-order valence-electron chi connectivity index (χ4n) is 7.01. The summed E-state index contributed by atoms with van der Waals surface area (Å²) in [5.41, 5.74) is 4.10. The molecular formula is C30H27FN4O2. The van der Waals surface area contributed by atoms with Crippen LogP contribution in [0.15, 0.2) is 43.0 Å². The molecule has 6 nitrogen and oxygen atoms in total. The second-order valence-corrected chi connectivity index (χ2v) is 11.2. The molecule has 7 heteroatoms. The van der Waals surface area contributed by atoms with Gasteiger partial charge in [0.2, 0.25) is 5.91 Å². The number of fused-ring (bicyclic) bond motifs is 4. The van der Waals surface area contributed by atoms with Gasteiger partial charge in [0.15, 0.2) is 11.6 Å². The lowest BCUT2D eigenvalue weighted by molar-refractivity contribution is -0.136. The average Bonchev–Trinajstić information content (AvgIpc) is 3.57. The van der Waals surface area contributed by atoms with E-state index in [1.165, 1.54) is 12.1 Å². The maximum absolute atomic E-state index is 14.9. The molecule has 1 spiro atoms. The molecule has 2 aliphatic carbocycles. The van der Waals surface area contributed by atoms with Crippen molar-refractivity contribution in [3.05, 3.63) is 65.6 Å². The molecule has 1 aromatic heterocycles. The number of aromatic nitrogens is 1. The van der Waals surface area contributed by atoms with Crippen molar-refractivity contribution in [2.75, 3.05) is 31.1 Å². The number of carbonyl (C=O) groups excluding carboxylic acids is 1. The highest BCUT2D eigenvalue weighted by Gasteiger charge is 2.50. The lowest BCUT2D eigenvalue weighted by Crippen LogP contribution is -2.59. The van der Waals surface area contributed by atoms with Crippen molar-refractivity contribution in [2.45, 2.75) is 31.6 Å². The number of benzene rings is 2. The number of hydrogen-bond donors (Lipinski definition) is 1. The van der Waals surface area contributed by atoms with E-state index in [4.69, 9.17) is 4.98 Å². The summed E-state index contributed by atoms with van der Waals surface area (Å²) in [6.45, 7) is 6.47. The maximum Gasteiger partial charge on any atom is 0.245 e. The molecule has 186 valence electrons. The first-order valence-electron chi connectivity index (χ1n) is 13.0. The zero-order valence-corrected chi connectivity index (χ0v) is 20.5. The van der Waals surface area contributed by atoms with E-state index in [1.807, 2.05) is 17.0 Å². The van der Waals surface area contributed by atoms with Gasteiger partial charge in [-0.05, 0) is 60.3 Å². The third-order valence-corrected chi connectivity index (χ3v) is 8.97. The minimum Gasteiger partial charge on any atom is -0.505 e. The predicted octanol–water partition coefficient (Wildman–Crippen LogP) is 4.89. The third kappa shape index (κ3) is 3.21. The maximum atomic E-state index is 14.9.